The molecule has 3 aliphatic rings. The zero-order chi connectivity index (χ0) is 20.0. The van der Waals surface area contributed by atoms with Gasteiger partial charge < -0.3 is 14.2 Å². The van der Waals surface area contributed by atoms with Crippen LogP contribution in [0.15, 0.2) is 22.7 Å². The van der Waals surface area contributed by atoms with E-state index in [4.69, 9.17) is 20.9 Å². The Morgan fingerprint density at radius 1 is 1.24 bits per heavy atom. The van der Waals surface area contributed by atoms with Gasteiger partial charge in [0.1, 0.15) is 11.5 Å². The Morgan fingerprint density at radius 3 is 2.66 bits per heavy atom. The van der Waals surface area contributed by atoms with E-state index in [-0.39, 0.29) is 6.10 Å². The van der Waals surface area contributed by atoms with Gasteiger partial charge in [-0.3, -0.25) is 0 Å². The van der Waals surface area contributed by atoms with Gasteiger partial charge in [-0.05, 0) is 56.6 Å². The number of aryl methyl sites for hydroxylation is 1. The van der Waals surface area contributed by atoms with Crippen LogP contribution in [0.3, 0.4) is 0 Å². The fraction of sp³-hybridized carbons (Fsp3) is 0.565. The summed E-state index contributed by atoms with van der Waals surface area (Å²) in [6.07, 6.45) is 9.80. The molecule has 152 valence electrons. The first-order valence-electron chi connectivity index (χ1n) is 10.8. The maximum absolute atomic E-state index is 9.38. The van der Waals surface area contributed by atoms with E-state index in [0.29, 0.717) is 29.6 Å². The lowest BCUT2D eigenvalue weighted by Gasteiger charge is -2.35. The van der Waals surface area contributed by atoms with Crippen LogP contribution in [0.5, 0.6) is 0 Å². The highest BCUT2D eigenvalue weighted by Crippen LogP contribution is 2.46. The molecule has 1 aromatic heterocycles. The minimum atomic E-state index is 0.184. The first-order chi connectivity index (χ1) is 14.2. The first-order valence-corrected chi connectivity index (χ1v) is 11.1. The number of nitrogens with zero attached hydrogens (tertiary/aromatic N) is 3. The number of fused-ring (bicyclic) bond motifs is 2. The van der Waals surface area contributed by atoms with Gasteiger partial charge in [0.05, 0.1) is 17.7 Å². The average molecular weight is 412 g/mol. The van der Waals surface area contributed by atoms with Gasteiger partial charge in [-0.15, -0.1) is 0 Å². The average Bonchev–Trinajstić information content (AvgIpc) is 3.44. The SMILES string of the molecule is CCc1cccc(Cl)c1-c1noc(C2CC2)c1CO[C@H]1C[C@H]2CC[C@@H](C1)N2C#N. The molecule has 0 N–H and O–H groups in total. The molecule has 2 aliphatic heterocycles. The number of ether oxygens (including phenoxy) is 1. The summed E-state index contributed by atoms with van der Waals surface area (Å²) >= 11 is 6.59. The molecule has 2 bridgehead atoms. The third-order valence-corrected chi connectivity index (χ3v) is 7.07. The van der Waals surface area contributed by atoms with Crippen LogP contribution in [0.25, 0.3) is 11.3 Å². The number of aromatic nitrogens is 1. The molecule has 1 aliphatic carbocycles. The summed E-state index contributed by atoms with van der Waals surface area (Å²) in [5, 5.41) is 14.5. The molecular weight excluding hydrogens is 386 g/mol. The Hall–Kier alpha value is -2.03. The Balaban J connectivity index is 1.41. The standard InChI is InChI=1S/C23H26ClN3O2/c1-2-14-4-3-5-20(24)21(14)22-19(23(29-26-22)15-6-7-15)12-28-18-10-16-8-9-17(11-18)27(16)13-25/h3-5,15-18H,2,6-12H2,1H3/t16-,17+,18+. The van der Waals surface area contributed by atoms with Crippen molar-refractivity contribution in [3.05, 3.63) is 40.1 Å². The van der Waals surface area contributed by atoms with E-state index in [9.17, 15) is 5.26 Å². The summed E-state index contributed by atoms with van der Waals surface area (Å²) in [6, 6.07) is 6.68. The molecule has 3 fully saturated rings. The van der Waals surface area contributed by atoms with Gasteiger partial charge in [-0.1, -0.05) is 35.8 Å². The summed E-state index contributed by atoms with van der Waals surface area (Å²) in [7, 11) is 0. The van der Waals surface area contributed by atoms with Crippen LogP contribution in [-0.4, -0.2) is 28.2 Å². The Labute approximate surface area is 176 Å². The zero-order valence-electron chi connectivity index (χ0n) is 16.7. The summed E-state index contributed by atoms with van der Waals surface area (Å²) in [5.74, 6) is 1.43. The second kappa shape index (κ2) is 7.66. The van der Waals surface area contributed by atoms with Gasteiger partial charge in [0, 0.05) is 29.1 Å². The van der Waals surface area contributed by atoms with Crippen LogP contribution in [0.4, 0.5) is 0 Å². The summed E-state index contributed by atoms with van der Waals surface area (Å²) in [4.78, 5) is 1.98. The topological polar surface area (TPSA) is 62.3 Å². The van der Waals surface area contributed by atoms with Crippen LogP contribution in [0, 0.1) is 11.5 Å². The monoisotopic (exact) mass is 411 g/mol. The fourth-order valence-electron chi connectivity index (χ4n) is 5.08. The zero-order valence-corrected chi connectivity index (χ0v) is 17.5. The van der Waals surface area contributed by atoms with E-state index in [1.165, 1.54) is 5.56 Å². The van der Waals surface area contributed by atoms with E-state index in [1.807, 2.05) is 17.0 Å². The molecule has 0 radical (unpaired) electrons. The smallest absolute Gasteiger partial charge is 0.179 e. The van der Waals surface area contributed by atoms with Crippen molar-refractivity contribution in [2.24, 2.45) is 0 Å². The fourth-order valence-corrected chi connectivity index (χ4v) is 5.36. The number of piperidine rings is 1. The van der Waals surface area contributed by atoms with Crippen LogP contribution >= 0.6 is 11.6 Å². The van der Waals surface area contributed by atoms with Crippen molar-refractivity contribution in [1.82, 2.24) is 10.1 Å². The molecule has 5 rings (SSSR count). The van der Waals surface area contributed by atoms with E-state index in [0.717, 1.165) is 67.5 Å². The minimum absolute atomic E-state index is 0.184. The quantitative estimate of drug-likeness (QED) is 0.593. The molecule has 29 heavy (non-hydrogen) atoms. The lowest BCUT2D eigenvalue weighted by atomic mass is 9.97. The van der Waals surface area contributed by atoms with Crippen LogP contribution < -0.4 is 0 Å². The molecule has 1 saturated carbocycles. The highest BCUT2D eigenvalue weighted by atomic mass is 35.5. The number of rotatable bonds is 6. The molecule has 2 saturated heterocycles. The van der Waals surface area contributed by atoms with Gasteiger partial charge in [0.25, 0.3) is 0 Å². The number of hydrogen-bond donors (Lipinski definition) is 0. The second-order valence-electron chi connectivity index (χ2n) is 8.57. The van der Waals surface area contributed by atoms with E-state index < -0.39 is 0 Å². The van der Waals surface area contributed by atoms with Crippen molar-refractivity contribution < 1.29 is 9.26 Å². The van der Waals surface area contributed by atoms with Crippen molar-refractivity contribution in [2.75, 3.05) is 0 Å². The van der Waals surface area contributed by atoms with Crippen LogP contribution in [-0.2, 0) is 17.8 Å². The highest BCUT2D eigenvalue weighted by Gasteiger charge is 2.41. The van der Waals surface area contributed by atoms with E-state index in [2.05, 4.69) is 24.3 Å². The van der Waals surface area contributed by atoms with Crippen molar-refractivity contribution in [3.63, 3.8) is 0 Å². The second-order valence-corrected chi connectivity index (χ2v) is 8.98. The molecule has 5 nitrogen and oxygen atoms in total. The molecule has 0 unspecified atom stereocenters. The summed E-state index contributed by atoms with van der Waals surface area (Å²) < 4.78 is 12.2. The van der Waals surface area contributed by atoms with Gasteiger partial charge in [0.2, 0.25) is 0 Å². The Bertz CT molecular complexity index is 932. The molecule has 6 heteroatoms. The maximum atomic E-state index is 9.38. The summed E-state index contributed by atoms with van der Waals surface area (Å²) in [5.41, 5.74) is 4.05. The molecule has 0 amide bonds. The van der Waals surface area contributed by atoms with Gasteiger partial charge >= 0.3 is 0 Å². The van der Waals surface area contributed by atoms with Gasteiger partial charge in [-0.2, -0.15) is 5.26 Å². The number of hydrogen-bond acceptors (Lipinski definition) is 5. The van der Waals surface area contributed by atoms with Crippen molar-refractivity contribution >= 4 is 11.6 Å². The van der Waals surface area contributed by atoms with Gasteiger partial charge in [-0.25, -0.2) is 0 Å². The number of benzene rings is 1. The number of halogens is 1. The molecular formula is C23H26ClN3O2. The van der Waals surface area contributed by atoms with Crippen LogP contribution in [0.1, 0.15) is 68.3 Å². The van der Waals surface area contributed by atoms with Crippen molar-refractivity contribution in [3.8, 4) is 17.5 Å². The predicted octanol–water partition coefficient (Wildman–Crippen LogP) is 5.43. The molecule has 0 spiro atoms. The Kier molecular flexibility index (Phi) is 5.01. The van der Waals surface area contributed by atoms with Crippen molar-refractivity contribution in [2.45, 2.75) is 82.6 Å². The van der Waals surface area contributed by atoms with E-state index in [1.54, 1.807) is 0 Å². The molecule has 3 heterocycles. The number of nitriles is 1. The maximum Gasteiger partial charge on any atom is 0.179 e. The normalized spacial score (nSPS) is 26.0. The van der Waals surface area contributed by atoms with Crippen molar-refractivity contribution in [1.29, 1.82) is 5.26 Å². The minimum Gasteiger partial charge on any atom is -0.373 e. The summed E-state index contributed by atoms with van der Waals surface area (Å²) in [6.45, 7) is 2.63. The Morgan fingerprint density at radius 2 is 2.00 bits per heavy atom. The third-order valence-electron chi connectivity index (χ3n) is 6.75. The third kappa shape index (κ3) is 3.43. The lowest BCUT2D eigenvalue weighted by molar-refractivity contribution is -0.0143. The predicted molar refractivity (Wildman–Crippen MR) is 110 cm³/mol. The molecule has 1 aromatic carbocycles. The first kappa shape index (κ1) is 19.0. The highest BCUT2D eigenvalue weighted by molar-refractivity contribution is 6.33. The van der Waals surface area contributed by atoms with Crippen LogP contribution in [0.2, 0.25) is 5.02 Å². The lowest BCUT2D eigenvalue weighted by Crippen LogP contribution is -2.42. The largest absolute Gasteiger partial charge is 0.373 e. The van der Waals surface area contributed by atoms with E-state index >= 15 is 0 Å². The van der Waals surface area contributed by atoms with Gasteiger partial charge in [0.15, 0.2) is 6.19 Å². The molecule has 3 atom stereocenters. The molecule has 2 aromatic rings.